The first-order chi connectivity index (χ1) is 9.90. The largest absolute Gasteiger partial charge is 0.478 e. The first kappa shape index (κ1) is 15.0. The van der Waals surface area contributed by atoms with Crippen molar-refractivity contribution in [3.63, 3.8) is 0 Å². The quantitative estimate of drug-likeness (QED) is 0.907. The van der Waals surface area contributed by atoms with Gasteiger partial charge in [-0.15, -0.1) is 0 Å². The van der Waals surface area contributed by atoms with Crippen LogP contribution in [0.2, 0.25) is 5.02 Å². The Bertz CT molecular complexity index is 731. The molecule has 2 rings (SSSR count). The molecule has 4 nitrogen and oxygen atoms in total. The van der Waals surface area contributed by atoms with E-state index in [-0.39, 0.29) is 21.8 Å². The van der Waals surface area contributed by atoms with Crippen LogP contribution in [0.4, 0.5) is 10.1 Å². The number of benzene rings is 2. The molecule has 1 amide bonds. The molecule has 6 heteroatoms. The second kappa shape index (κ2) is 5.93. The van der Waals surface area contributed by atoms with Crippen LogP contribution in [-0.2, 0) is 0 Å². The molecule has 108 valence electrons. The molecule has 0 bridgehead atoms. The minimum Gasteiger partial charge on any atom is -0.478 e. The summed E-state index contributed by atoms with van der Waals surface area (Å²) in [6.07, 6.45) is 0. The topological polar surface area (TPSA) is 66.4 Å². The van der Waals surface area contributed by atoms with E-state index in [1.807, 2.05) is 0 Å². The Morgan fingerprint density at radius 1 is 1.19 bits per heavy atom. The molecule has 21 heavy (non-hydrogen) atoms. The number of hydrogen-bond donors (Lipinski definition) is 2. The Morgan fingerprint density at radius 2 is 1.90 bits per heavy atom. The van der Waals surface area contributed by atoms with Gasteiger partial charge < -0.3 is 10.4 Å². The van der Waals surface area contributed by atoms with Gasteiger partial charge >= 0.3 is 5.97 Å². The molecule has 0 aliphatic carbocycles. The van der Waals surface area contributed by atoms with Gasteiger partial charge in [-0.3, -0.25) is 4.79 Å². The lowest BCUT2D eigenvalue weighted by atomic mass is 10.1. The molecule has 0 unspecified atom stereocenters. The normalized spacial score (nSPS) is 10.2. The minimum absolute atomic E-state index is 0.0578. The zero-order chi connectivity index (χ0) is 15.6. The zero-order valence-electron chi connectivity index (χ0n) is 11.0. The molecule has 0 heterocycles. The van der Waals surface area contributed by atoms with E-state index in [4.69, 9.17) is 16.7 Å². The van der Waals surface area contributed by atoms with E-state index >= 15 is 0 Å². The molecule has 0 spiro atoms. The number of carbonyl (C=O) groups is 2. The SMILES string of the molecule is Cc1ccc(F)c(C(=O)Nc2c(Cl)cccc2C(=O)O)c1. The third-order valence-electron chi connectivity index (χ3n) is 2.85. The van der Waals surface area contributed by atoms with Gasteiger partial charge in [0.1, 0.15) is 5.82 Å². The lowest BCUT2D eigenvalue weighted by Gasteiger charge is -2.11. The highest BCUT2D eigenvalue weighted by Crippen LogP contribution is 2.27. The second-order valence-electron chi connectivity index (χ2n) is 4.40. The Hall–Kier alpha value is -2.40. The number of carboxylic acid groups (broad SMARTS) is 1. The highest BCUT2D eigenvalue weighted by atomic mass is 35.5. The molecule has 0 atom stereocenters. The summed E-state index contributed by atoms with van der Waals surface area (Å²) in [5.41, 5.74) is 0.312. The van der Waals surface area contributed by atoms with Crippen molar-refractivity contribution < 1.29 is 19.1 Å². The Morgan fingerprint density at radius 3 is 2.57 bits per heavy atom. The summed E-state index contributed by atoms with van der Waals surface area (Å²) in [6.45, 7) is 1.72. The summed E-state index contributed by atoms with van der Waals surface area (Å²) in [6, 6.07) is 8.28. The molecule has 2 aromatic rings. The van der Waals surface area contributed by atoms with Gasteiger partial charge in [0.15, 0.2) is 0 Å². The molecule has 0 aliphatic heterocycles. The molecule has 0 saturated carbocycles. The van der Waals surface area contributed by atoms with Crippen LogP contribution in [-0.4, -0.2) is 17.0 Å². The third kappa shape index (κ3) is 3.20. The average molecular weight is 308 g/mol. The number of para-hydroxylation sites is 1. The number of nitrogens with one attached hydrogen (secondary N) is 1. The van der Waals surface area contributed by atoms with Gasteiger partial charge in [-0.1, -0.05) is 29.3 Å². The maximum absolute atomic E-state index is 13.7. The third-order valence-corrected chi connectivity index (χ3v) is 3.16. The second-order valence-corrected chi connectivity index (χ2v) is 4.81. The summed E-state index contributed by atoms with van der Waals surface area (Å²) >= 11 is 5.90. The van der Waals surface area contributed by atoms with Crippen LogP contribution in [0, 0.1) is 12.7 Å². The van der Waals surface area contributed by atoms with E-state index < -0.39 is 17.7 Å². The van der Waals surface area contributed by atoms with E-state index in [0.717, 1.165) is 0 Å². The molecular formula is C15H11ClFNO3. The van der Waals surface area contributed by atoms with Crippen LogP contribution >= 0.6 is 11.6 Å². The van der Waals surface area contributed by atoms with Crippen LogP contribution in [0.15, 0.2) is 36.4 Å². The minimum atomic E-state index is -1.24. The van der Waals surface area contributed by atoms with Crippen LogP contribution in [0.1, 0.15) is 26.3 Å². The van der Waals surface area contributed by atoms with Crippen molar-refractivity contribution in [2.24, 2.45) is 0 Å². The van der Waals surface area contributed by atoms with E-state index in [1.54, 1.807) is 6.92 Å². The van der Waals surface area contributed by atoms with Crippen LogP contribution in [0.5, 0.6) is 0 Å². The predicted octanol–water partition coefficient (Wildman–Crippen LogP) is 3.74. The van der Waals surface area contributed by atoms with E-state index in [1.165, 1.54) is 36.4 Å². The average Bonchev–Trinajstić information content (AvgIpc) is 2.43. The molecule has 0 saturated heterocycles. The molecule has 2 N–H and O–H groups in total. The summed E-state index contributed by atoms with van der Waals surface area (Å²) in [5.74, 6) is -2.69. The van der Waals surface area contributed by atoms with Gasteiger partial charge in [-0.05, 0) is 31.2 Å². The Labute approximate surface area is 125 Å². The highest BCUT2D eigenvalue weighted by Gasteiger charge is 2.18. The van der Waals surface area contributed by atoms with Crippen molar-refractivity contribution in [2.45, 2.75) is 6.92 Å². The van der Waals surface area contributed by atoms with Gasteiger partial charge in [0.25, 0.3) is 5.91 Å². The number of anilines is 1. The Kier molecular flexibility index (Phi) is 4.23. The van der Waals surface area contributed by atoms with Crippen molar-refractivity contribution in [3.8, 4) is 0 Å². The standard InChI is InChI=1S/C15H11ClFNO3/c1-8-5-6-12(17)10(7-8)14(19)18-13-9(15(20)21)3-2-4-11(13)16/h2-7H,1H3,(H,18,19)(H,20,21). The highest BCUT2D eigenvalue weighted by molar-refractivity contribution is 6.34. The number of aromatic carboxylic acids is 1. The lowest BCUT2D eigenvalue weighted by molar-refractivity contribution is 0.0698. The number of halogens is 2. The van der Waals surface area contributed by atoms with Gasteiger partial charge in [0.05, 0.1) is 21.8 Å². The van der Waals surface area contributed by atoms with E-state index in [0.29, 0.717) is 5.56 Å². The summed E-state index contributed by atoms with van der Waals surface area (Å²) in [7, 11) is 0. The van der Waals surface area contributed by atoms with Gasteiger partial charge in [-0.25, -0.2) is 9.18 Å². The van der Waals surface area contributed by atoms with Gasteiger partial charge in [0, 0.05) is 0 Å². The predicted molar refractivity (Wildman–Crippen MR) is 77.5 cm³/mol. The molecule has 2 aromatic carbocycles. The van der Waals surface area contributed by atoms with Crippen molar-refractivity contribution >= 4 is 29.2 Å². The number of amides is 1. The van der Waals surface area contributed by atoms with Crippen molar-refractivity contribution in [2.75, 3.05) is 5.32 Å². The fraction of sp³-hybridized carbons (Fsp3) is 0.0667. The summed E-state index contributed by atoms with van der Waals surface area (Å²) in [5, 5.41) is 11.5. The van der Waals surface area contributed by atoms with Crippen molar-refractivity contribution in [1.29, 1.82) is 0 Å². The molecular weight excluding hydrogens is 297 g/mol. The van der Waals surface area contributed by atoms with Crippen LogP contribution in [0.25, 0.3) is 0 Å². The fourth-order valence-corrected chi connectivity index (χ4v) is 2.05. The van der Waals surface area contributed by atoms with Crippen LogP contribution in [0.3, 0.4) is 0 Å². The molecule has 0 fully saturated rings. The lowest BCUT2D eigenvalue weighted by Crippen LogP contribution is -2.16. The zero-order valence-corrected chi connectivity index (χ0v) is 11.7. The van der Waals surface area contributed by atoms with E-state index in [2.05, 4.69) is 5.32 Å². The number of carbonyl (C=O) groups excluding carboxylic acids is 1. The maximum atomic E-state index is 13.7. The summed E-state index contributed by atoms with van der Waals surface area (Å²) in [4.78, 5) is 23.2. The number of hydrogen-bond acceptors (Lipinski definition) is 2. The number of aryl methyl sites for hydroxylation is 1. The first-order valence-electron chi connectivity index (χ1n) is 5.99. The smallest absolute Gasteiger partial charge is 0.337 e. The van der Waals surface area contributed by atoms with Crippen LogP contribution < -0.4 is 5.32 Å². The molecule has 0 aromatic heterocycles. The summed E-state index contributed by atoms with van der Waals surface area (Å²) < 4.78 is 13.7. The number of carboxylic acids is 1. The maximum Gasteiger partial charge on any atom is 0.337 e. The van der Waals surface area contributed by atoms with Gasteiger partial charge in [0.2, 0.25) is 0 Å². The Balaban J connectivity index is 2.41. The van der Waals surface area contributed by atoms with Gasteiger partial charge in [-0.2, -0.15) is 0 Å². The van der Waals surface area contributed by atoms with E-state index in [9.17, 15) is 14.0 Å². The number of rotatable bonds is 3. The van der Waals surface area contributed by atoms with Crippen molar-refractivity contribution in [3.05, 3.63) is 63.9 Å². The molecule has 0 radical (unpaired) electrons. The molecule has 0 aliphatic rings. The first-order valence-corrected chi connectivity index (χ1v) is 6.37. The monoisotopic (exact) mass is 307 g/mol. The fourth-order valence-electron chi connectivity index (χ4n) is 1.82. The van der Waals surface area contributed by atoms with Crippen molar-refractivity contribution in [1.82, 2.24) is 0 Å².